The third kappa shape index (κ3) is 3.95. The molecule has 3 rings (SSSR count). The molecule has 0 spiro atoms. The average Bonchev–Trinajstić information content (AvgIpc) is 2.67. The number of benzene rings is 2. The maximum atomic E-state index is 13.1. The zero-order chi connectivity index (χ0) is 19.6. The van der Waals surface area contributed by atoms with Crippen LogP contribution in [0.3, 0.4) is 0 Å². The molecule has 1 N–H and O–H groups in total. The van der Waals surface area contributed by atoms with Crippen molar-refractivity contribution >= 4 is 17.6 Å². The SMILES string of the molecule is CC1CN(C(=O)c2cc(C(=O)O)cc([N+](=O)[O-])c2)C(c2ccccc2)CO1. The van der Waals surface area contributed by atoms with Gasteiger partial charge in [0.1, 0.15) is 0 Å². The minimum Gasteiger partial charge on any atom is -0.478 e. The first-order chi connectivity index (χ1) is 12.9. The summed E-state index contributed by atoms with van der Waals surface area (Å²) in [5.41, 5.74) is 0.110. The van der Waals surface area contributed by atoms with Crippen LogP contribution in [-0.4, -0.2) is 46.1 Å². The molecular weight excluding hydrogens is 352 g/mol. The first kappa shape index (κ1) is 18.5. The summed E-state index contributed by atoms with van der Waals surface area (Å²) in [6.45, 7) is 2.42. The van der Waals surface area contributed by atoms with Crippen LogP contribution in [0.5, 0.6) is 0 Å². The first-order valence-corrected chi connectivity index (χ1v) is 8.37. The second kappa shape index (κ2) is 7.55. The van der Waals surface area contributed by atoms with E-state index in [9.17, 15) is 24.8 Å². The highest BCUT2D eigenvalue weighted by Gasteiger charge is 2.33. The Morgan fingerprint density at radius 3 is 2.48 bits per heavy atom. The maximum Gasteiger partial charge on any atom is 0.335 e. The smallest absolute Gasteiger partial charge is 0.335 e. The lowest BCUT2D eigenvalue weighted by molar-refractivity contribution is -0.384. The number of carboxylic acid groups (broad SMARTS) is 1. The lowest BCUT2D eigenvalue weighted by Crippen LogP contribution is -2.46. The number of amides is 1. The number of aromatic carboxylic acids is 1. The van der Waals surface area contributed by atoms with Gasteiger partial charge in [0.15, 0.2) is 0 Å². The van der Waals surface area contributed by atoms with E-state index in [4.69, 9.17) is 4.74 Å². The van der Waals surface area contributed by atoms with Crippen molar-refractivity contribution in [1.29, 1.82) is 0 Å². The van der Waals surface area contributed by atoms with Crippen LogP contribution in [0.4, 0.5) is 5.69 Å². The van der Waals surface area contributed by atoms with Gasteiger partial charge in [0.2, 0.25) is 0 Å². The molecule has 1 heterocycles. The molecule has 1 saturated heterocycles. The zero-order valence-electron chi connectivity index (χ0n) is 14.6. The minimum absolute atomic E-state index is 0.0309. The topological polar surface area (TPSA) is 110 Å². The van der Waals surface area contributed by atoms with E-state index in [-0.39, 0.29) is 29.9 Å². The van der Waals surface area contributed by atoms with Gasteiger partial charge in [-0.25, -0.2) is 4.79 Å². The normalized spacial score (nSPS) is 19.5. The van der Waals surface area contributed by atoms with Crippen molar-refractivity contribution in [3.05, 3.63) is 75.3 Å². The second-order valence-corrected chi connectivity index (χ2v) is 6.36. The van der Waals surface area contributed by atoms with Crippen molar-refractivity contribution in [2.75, 3.05) is 13.2 Å². The molecule has 2 atom stereocenters. The van der Waals surface area contributed by atoms with Gasteiger partial charge in [-0.2, -0.15) is 0 Å². The number of carbonyl (C=O) groups excluding carboxylic acids is 1. The maximum absolute atomic E-state index is 13.1. The van der Waals surface area contributed by atoms with Crippen LogP contribution in [0.25, 0.3) is 0 Å². The first-order valence-electron chi connectivity index (χ1n) is 8.37. The highest BCUT2D eigenvalue weighted by Crippen LogP contribution is 2.29. The molecule has 1 aliphatic rings. The Kier molecular flexibility index (Phi) is 5.18. The van der Waals surface area contributed by atoms with Gasteiger partial charge in [0.05, 0.1) is 29.2 Å². The number of nitro groups is 1. The van der Waals surface area contributed by atoms with Crippen LogP contribution in [0, 0.1) is 10.1 Å². The van der Waals surface area contributed by atoms with Gasteiger partial charge >= 0.3 is 5.97 Å². The van der Waals surface area contributed by atoms with Crippen molar-refractivity contribution in [1.82, 2.24) is 4.90 Å². The average molecular weight is 370 g/mol. The third-order valence-electron chi connectivity index (χ3n) is 4.44. The van der Waals surface area contributed by atoms with E-state index in [1.807, 2.05) is 37.3 Å². The molecule has 1 aliphatic heterocycles. The molecule has 0 saturated carbocycles. The molecule has 0 aliphatic carbocycles. The van der Waals surface area contributed by atoms with Gasteiger partial charge in [0.25, 0.3) is 11.6 Å². The van der Waals surface area contributed by atoms with E-state index < -0.39 is 22.5 Å². The molecule has 2 aromatic rings. The van der Waals surface area contributed by atoms with E-state index >= 15 is 0 Å². The standard InChI is InChI=1S/C19H18N2O6/c1-12-10-20(17(11-27-12)13-5-3-2-4-6-13)18(22)14-7-15(19(23)24)9-16(8-14)21(25)26/h2-9,12,17H,10-11H2,1H3,(H,23,24). The molecule has 140 valence electrons. The van der Waals surface area contributed by atoms with E-state index in [1.54, 1.807) is 4.90 Å². The Balaban J connectivity index is 2.01. The number of carbonyl (C=O) groups is 2. The Morgan fingerprint density at radius 2 is 1.85 bits per heavy atom. The summed E-state index contributed by atoms with van der Waals surface area (Å²) in [6, 6.07) is 12.2. The van der Waals surface area contributed by atoms with Crippen molar-refractivity contribution in [3.8, 4) is 0 Å². The van der Waals surface area contributed by atoms with Gasteiger partial charge in [-0.3, -0.25) is 14.9 Å². The minimum atomic E-state index is -1.33. The number of morpholine rings is 1. The van der Waals surface area contributed by atoms with Crippen LogP contribution >= 0.6 is 0 Å². The molecule has 8 heteroatoms. The van der Waals surface area contributed by atoms with E-state index in [1.165, 1.54) is 6.07 Å². The predicted octanol–water partition coefficient (Wildman–Crippen LogP) is 2.90. The zero-order valence-corrected chi connectivity index (χ0v) is 14.6. The fourth-order valence-electron chi connectivity index (χ4n) is 3.11. The van der Waals surface area contributed by atoms with Crippen LogP contribution < -0.4 is 0 Å². The van der Waals surface area contributed by atoms with Crippen LogP contribution in [0.15, 0.2) is 48.5 Å². The number of nitrogens with zero attached hydrogens (tertiary/aromatic N) is 2. The van der Waals surface area contributed by atoms with Gasteiger partial charge in [-0.05, 0) is 18.6 Å². The summed E-state index contributed by atoms with van der Waals surface area (Å²) in [6.07, 6.45) is -0.202. The lowest BCUT2D eigenvalue weighted by Gasteiger charge is -2.39. The summed E-state index contributed by atoms with van der Waals surface area (Å²) < 4.78 is 5.69. The summed E-state index contributed by atoms with van der Waals surface area (Å²) >= 11 is 0. The van der Waals surface area contributed by atoms with Crippen molar-refractivity contribution in [2.45, 2.75) is 19.1 Å². The molecule has 27 heavy (non-hydrogen) atoms. The van der Waals surface area contributed by atoms with Gasteiger partial charge in [-0.15, -0.1) is 0 Å². The monoisotopic (exact) mass is 370 g/mol. The third-order valence-corrected chi connectivity index (χ3v) is 4.44. The highest BCUT2D eigenvalue weighted by molar-refractivity contribution is 5.98. The van der Waals surface area contributed by atoms with Crippen molar-refractivity contribution < 1.29 is 24.4 Å². The fourth-order valence-corrected chi connectivity index (χ4v) is 3.11. The second-order valence-electron chi connectivity index (χ2n) is 6.36. The Hall–Kier alpha value is -3.26. The molecule has 1 fully saturated rings. The number of hydrogen-bond donors (Lipinski definition) is 1. The highest BCUT2D eigenvalue weighted by atomic mass is 16.6. The van der Waals surface area contributed by atoms with E-state index in [2.05, 4.69) is 0 Å². The number of rotatable bonds is 4. The van der Waals surface area contributed by atoms with E-state index in [0.29, 0.717) is 6.54 Å². The van der Waals surface area contributed by atoms with Crippen LogP contribution in [0.2, 0.25) is 0 Å². The van der Waals surface area contributed by atoms with Gasteiger partial charge < -0.3 is 14.7 Å². The molecule has 8 nitrogen and oxygen atoms in total. The number of non-ortho nitro benzene ring substituents is 1. The Bertz CT molecular complexity index is 851. The van der Waals surface area contributed by atoms with Gasteiger partial charge in [0, 0.05) is 24.2 Å². The largest absolute Gasteiger partial charge is 0.478 e. The van der Waals surface area contributed by atoms with Crippen LogP contribution in [-0.2, 0) is 4.74 Å². The molecular formula is C19H18N2O6. The molecule has 0 aromatic heterocycles. The lowest BCUT2D eigenvalue weighted by atomic mass is 10.0. The van der Waals surface area contributed by atoms with Crippen molar-refractivity contribution in [3.63, 3.8) is 0 Å². The quantitative estimate of drug-likeness (QED) is 0.654. The summed E-state index contributed by atoms with van der Waals surface area (Å²) in [7, 11) is 0. The summed E-state index contributed by atoms with van der Waals surface area (Å²) in [4.78, 5) is 36.4. The molecule has 2 aromatic carbocycles. The number of ether oxygens (including phenoxy) is 1. The molecule has 1 amide bonds. The summed E-state index contributed by atoms with van der Waals surface area (Å²) in [5, 5.41) is 20.3. The van der Waals surface area contributed by atoms with E-state index in [0.717, 1.165) is 17.7 Å². The molecule has 0 bridgehead atoms. The Morgan fingerprint density at radius 1 is 1.19 bits per heavy atom. The van der Waals surface area contributed by atoms with Crippen LogP contribution in [0.1, 0.15) is 39.2 Å². The van der Waals surface area contributed by atoms with Gasteiger partial charge in [-0.1, -0.05) is 30.3 Å². The fraction of sp³-hybridized carbons (Fsp3) is 0.263. The molecule has 2 unspecified atom stereocenters. The Labute approximate surface area is 155 Å². The number of hydrogen-bond acceptors (Lipinski definition) is 5. The number of nitro benzene ring substituents is 1. The number of carboxylic acids is 1. The molecule has 0 radical (unpaired) electrons. The van der Waals surface area contributed by atoms with Crippen molar-refractivity contribution in [2.24, 2.45) is 0 Å². The predicted molar refractivity (Wildman–Crippen MR) is 95.7 cm³/mol. The summed E-state index contributed by atoms with van der Waals surface area (Å²) in [5.74, 6) is -1.80.